The number of carbonyl (C=O) groups is 2. The number of hydrogen-bond acceptors (Lipinski definition) is 4. The number of para-hydroxylation sites is 2. The smallest absolute Gasteiger partial charge is 0.230 e. The molecule has 1 atom stereocenters. The third kappa shape index (κ3) is 3.15. The van der Waals surface area contributed by atoms with Gasteiger partial charge in [0.1, 0.15) is 11.6 Å². The van der Waals surface area contributed by atoms with Crippen LogP contribution in [0.2, 0.25) is 0 Å². The van der Waals surface area contributed by atoms with Crippen LogP contribution < -0.4 is 15.0 Å². The summed E-state index contributed by atoms with van der Waals surface area (Å²) in [5, 5.41) is 2.74. The van der Waals surface area contributed by atoms with E-state index in [1.165, 1.54) is 0 Å². The van der Waals surface area contributed by atoms with Crippen LogP contribution in [-0.4, -0.2) is 30.5 Å². The fourth-order valence-corrected chi connectivity index (χ4v) is 2.63. The normalized spacial score (nSPS) is 17.2. The maximum Gasteiger partial charge on any atom is 0.230 e. The highest BCUT2D eigenvalue weighted by molar-refractivity contribution is 6.03. The molecule has 0 saturated carbocycles. The highest BCUT2D eigenvalue weighted by atomic mass is 16.5. The van der Waals surface area contributed by atoms with Crippen molar-refractivity contribution in [1.29, 1.82) is 0 Å². The number of carbonyl (C=O) groups excluding carboxylic acids is 2. The molecule has 2 heterocycles. The lowest BCUT2D eigenvalue weighted by atomic mass is 10.1. The summed E-state index contributed by atoms with van der Waals surface area (Å²) in [7, 11) is 1.56. The van der Waals surface area contributed by atoms with Crippen LogP contribution in [0.15, 0.2) is 48.7 Å². The fourth-order valence-electron chi connectivity index (χ4n) is 2.63. The summed E-state index contributed by atoms with van der Waals surface area (Å²) in [5.74, 6) is 0.409. The van der Waals surface area contributed by atoms with Gasteiger partial charge >= 0.3 is 0 Å². The van der Waals surface area contributed by atoms with E-state index in [-0.39, 0.29) is 18.2 Å². The molecule has 1 aliphatic rings. The predicted octanol–water partition coefficient (Wildman–Crippen LogP) is 2.08. The minimum atomic E-state index is -0.408. The SMILES string of the molecule is COc1ccccc1N1CC(C(=O)Nc2ccccn2)CC1=O. The minimum Gasteiger partial charge on any atom is -0.495 e. The molecule has 1 fully saturated rings. The third-order valence-corrected chi connectivity index (χ3v) is 3.79. The van der Waals surface area contributed by atoms with Crippen molar-refractivity contribution in [3.8, 4) is 5.75 Å². The Morgan fingerprint density at radius 3 is 2.78 bits per heavy atom. The van der Waals surface area contributed by atoms with E-state index in [0.717, 1.165) is 0 Å². The maximum absolute atomic E-state index is 12.3. The molecular weight excluding hydrogens is 294 g/mol. The van der Waals surface area contributed by atoms with Gasteiger partial charge in [-0.25, -0.2) is 4.98 Å². The number of anilines is 2. The van der Waals surface area contributed by atoms with Crippen LogP contribution in [0.5, 0.6) is 5.75 Å². The highest BCUT2D eigenvalue weighted by Crippen LogP contribution is 2.32. The van der Waals surface area contributed by atoms with Gasteiger partial charge in [0.2, 0.25) is 11.8 Å². The Labute approximate surface area is 134 Å². The molecule has 1 unspecified atom stereocenters. The molecule has 6 heteroatoms. The summed E-state index contributed by atoms with van der Waals surface area (Å²) in [6.45, 7) is 0.331. The highest BCUT2D eigenvalue weighted by Gasteiger charge is 2.36. The lowest BCUT2D eigenvalue weighted by molar-refractivity contribution is -0.122. The molecular formula is C17H17N3O3. The summed E-state index contributed by atoms with van der Waals surface area (Å²) in [5.41, 5.74) is 0.688. The van der Waals surface area contributed by atoms with Crippen molar-refractivity contribution in [2.45, 2.75) is 6.42 Å². The maximum atomic E-state index is 12.3. The Balaban J connectivity index is 1.73. The molecule has 2 amide bonds. The zero-order chi connectivity index (χ0) is 16.2. The zero-order valence-electron chi connectivity index (χ0n) is 12.7. The van der Waals surface area contributed by atoms with Crippen molar-refractivity contribution in [3.05, 3.63) is 48.7 Å². The standard InChI is InChI=1S/C17H17N3O3/c1-23-14-7-3-2-6-13(14)20-11-12(10-16(20)21)17(22)19-15-8-4-5-9-18-15/h2-9,12H,10-11H2,1H3,(H,18,19,22). The molecule has 3 rings (SSSR count). The molecule has 1 N–H and O–H groups in total. The average molecular weight is 311 g/mol. The first kappa shape index (κ1) is 15.0. The molecule has 6 nitrogen and oxygen atoms in total. The Bertz CT molecular complexity index is 718. The third-order valence-electron chi connectivity index (χ3n) is 3.79. The van der Waals surface area contributed by atoms with Crippen molar-refractivity contribution >= 4 is 23.3 Å². The summed E-state index contributed by atoms with van der Waals surface area (Å²) < 4.78 is 5.29. The van der Waals surface area contributed by atoms with Gasteiger partial charge < -0.3 is 15.0 Å². The molecule has 0 radical (unpaired) electrons. The fraction of sp³-hybridized carbons (Fsp3) is 0.235. The number of nitrogens with zero attached hydrogens (tertiary/aromatic N) is 2. The average Bonchev–Trinajstić information content (AvgIpc) is 2.97. The molecule has 118 valence electrons. The van der Waals surface area contributed by atoms with Gasteiger partial charge in [0.05, 0.1) is 18.7 Å². The molecule has 1 aliphatic heterocycles. The molecule has 23 heavy (non-hydrogen) atoms. The van der Waals surface area contributed by atoms with Crippen molar-refractivity contribution in [2.75, 3.05) is 23.9 Å². The van der Waals surface area contributed by atoms with Gasteiger partial charge in [0, 0.05) is 19.2 Å². The molecule has 1 aromatic heterocycles. The lowest BCUT2D eigenvalue weighted by Gasteiger charge is -2.19. The van der Waals surface area contributed by atoms with Crippen LogP contribution in [0, 0.1) is 5.92 Å². The van der Waals surface area contributed by atoms with Crippen LogP contribution in [0.4, 0.5) is 11.5 Å². The molecule has 0 bridgehead atoms. The van der Waals surface area contributed by atoms with Gasteiger partial charge in [-0.2, -0.15) is 0 Å². The van der Waals surface area contributed by atoms with E-state index in [1.807, 2.05) is 18.2 Å². The first-order chi connectivity index (χ1) is 11.2. The van der Waals surface area contributed by atoms with E-state index in [1.54, 1.807) is 42.5 Å². The van der Waals surface area contributed by atoms with E-state index < -0.39 is 5.92 Å². The quantitative estimate of drug-likeness (QED) is 0.938. The minimum absolute atomic E-state index is 0.0873. The van der Waals surface area contributed by atoms with Gasteiger partial charge in [0.25, 0.3) is 0 Å². The van der Waals surface area contributed by atoms with Gasteiger partial charge in [-0.3, -0.25) is 9.59 Å². The van der Waals surface area contributed by atoms with Crippen molar-refractivity contribution < 1.29 is 14.3 Å². The molecule has 2 aromatic rings. The van der Waals surface area contributed by atoms with E-state index in [2.05, 4.69) is 10.3 Å². The van der Waals surface area contributed by atoms with E-state index in [4.69, 9.17) is 4.74 Å². The van der Waals surface area contributed by atoms with Crippen molar-refractivity contribution in [1.82, 2.24) is 4.98 Å². The Kier molecular flexibility index (Phi) is 4.23. The summed E-state index contributed by atoms with van der Waals surface area (Å²) in [6.07, 6.45) is 1.78. The van der Waals surface area contributed by atoms with E-state index in [0.29, 0.717) is 23.8 Å². The van der Waals surface area contributed by atoms with Crippen LogP contribution >= 0.6 is 0 Å². The largest absolute Gasteiger partial charge is 0.495 e. The second-order valence-electron chi connectivity index (χ2n) is 5.28. The first-order valence-electron chi connectivity index (χ1n) is 7.34. The van der Waals surface area contributed by atoms with Crippen LogP contribution in [0.1, 0.15) is 6.42 Å². The Hall–Kier alpha value is -2.89. The molecule has 0 aliphatic carbocycles. The molecule has 1 saturated heterocycles. The van der Waals surface area contributed by atoms with Crippen molar-refractivity contribution in [2.24, 2.45) is 5.92 Å². The summed E-state index contributed by atoms with van der Waals surface area (Å²) in [4.78, 5) is 30.3. The molecule has 1 aromatic carbocycles. The van der Waals surface area contributed by atoms with Crippen LogP contribution in [0.25, 0.3) is 0 Å². The zero-order valence-corrected chi connectivity index (χ0v) is 12.7. The Morgan fingerprint density at radius 2 is 2.04 bits per heavy atom. The number of nitrogens with one attached hydrogen (secondary N) is 1. The number of benzene rings is 1. The monoisotopic (exact) mass is 311 g/mol. The summed E-state index contributed by atoms with van der Waals surface area (Å²) in [6, 6.07) is 12.6. The number of methoxy groups -OCH3 is 1. The first-order valence-corrected chi connectivity index (χ1v) is 7.34. The van der Waals surface area contributed by atoms with Crippen LogP contribution in [0.3, 0.4) is 0 Å². The van der Waals surface area contributed by atoms with Crippen molar-refractivity contribution in [3.63, 3.8) is 0 Å². The number of pyridine rings is 1. The molecule has 0 spiro atoms. The number of ether oxygens (including phenoxy) is 1. The second-order valence-corrected chi connectivity index (χ2v) is 5.28. The van der Waals surface area contributed by atoms with Gasteiger partial charge in [-0.15, -0.1) is 0 Å². The number of aromatic nitrogens is 1. The number of hydrogen-bond donors (Lipinski definition) is 1. The van der Waals surface area contributed by atoms with Gasteiger partial charge in [-0.1, -0.05) is 18.2 Å². The van der Waals surface area contributed by atoms with E-state index in [9.17, 15) is 9.59 Å². The van der Waals surface area contributed by atoms with Gasteiger partial charge in [-0.05, 0) is 24.3 Å². The Morgan fingerprint density at radius 1 is 1.26 bits per heavy atom. The predicted molar refractivity (Wildman–Crippen MR) is 86.3 cm³/mol. The van der Waals surface area contributed by atoms with Crippen LogP contribution in [-0.2, 0) is 9.59 Å². The van der Waals surface area contributed by atoms with E-state index >= 15 is 0 Å². The lowest BCUT2D eigenvalue weighted by Crippen LogP contribution is -2.28. The number of amides is 2. The number of rotatable bonds is 4. The topological polar surface area (TPSA) is 71.5 Å². The van der Waals surface area contributed by atoms with Gasteiger partial charge in [0.15, 0.2) is 0 Å². The second kappa shape index (κ2) is 6.48. The summed E-state index contributed by atoms with van der Waals surface area (Å²) >= 11 is 0.